The minimum atomic E-state index is -2.92. The molecule has 3 aromatic rings. The quantitative estimate of drug-likeness (QED) is 0.496. The van der Waals surface area contributed by atoms with Gasteiger partial charge in [0.2, 0.25) is 17.7 Å². The van der Waals surface area contributed by atoms with Crippen LogP contribution in [0, 0.1) is 0 Å². The number of ether oxygens (including phenoxy) is 1. The number of alkyl halides is 3. The van der Waals surface area contributed by atoms with E-state index < -0.39 is 54.3 Å². The van der Waals surface area contributed by atoms with Crippen LogP contribution in [0.25, 0.3) is 11.0 Å². The number of halogens is 3. The number of rotatable bonds is 5. The van der Waals surface area contributed by atoms with Gasteiger partial charge in [0, 0.05) is 19.3 Å². The van der Waals surface area contributed by atoms with Crippen molar-refractivity contribution in [3.8, 4) is 5.75 Å². The molecule has 1 aliphatic heterocycles. The van der Waals surface area contributed by atoms with Gasteiger partial charge < -0.3 is 20.1 Å². The van der Waals surface area contributed by atoms with Crippen molar-refractivity contribution in [2.45, 2.75) is 55.7 Å². The summed E-state index contributed by atoms with van der Waals surface area (Å²) in [6.45, 7) is -0.344. The number of nitrogens with zero attached hydrogens (tertiary/aromatic N) is 4. The number of carbonyl (C=O) groups excluding carboxylic acids is 2. The summed E-state index contributed by atoms with van der Waals surface area (Å²) in [6, 6.07) is 8.16. The molecule has 2 fully saturated rings. The van der Waals surface area contributed by atoms with Crippen LogP contribution in [0.4, 0.5) is 23.8 Å². The molecule has 2 aliphatic rings. The lowest BCUT2D eigenvalue weighted by atomic mass is 9.67. The van der Waals surface area contributed by atoms with Crippen molar-refractivity contribution >= 4 is 34.8 Å². The maximum Gasteiger partial charge on any atom is 0.432 e. The molecule has 1 saturated heterocycles. The van der Waals surface area contributed by atoms with E-state index in [9.17, 15) is 32.7 Å². The number of methoxy groups -OCH3 is 1. The van der Waals surface area contributed by atoms with E-state index in [0.29, 0.717) is 11.3 Å². The van der Waals surface area contributed by atoms with Gasteiger partial charge in [0.05, 0.1) is 30.8 Å². The van der Waals surface area contributed by atoms with Crippen molar-refractivity contribution in [2.24, 2.45) is 0 Å². The molecule has 3 heterocycles. The summed E-state index contributed by atoms with van der Waals surface area (Å²) < 4.78 is 49.0. The van der Waals surface area contributed by atoms with E-state index in [0.717, 1.165) is 9.58 Å². The number of hydrogen-bond acceptors (Lipinski definition) is 6. The summed E-state index contributed by atoms with van der Waals surface area (Å²) in [5, 5.41) is 15.5. The fraction of sp³-hybridized carbons (Fsp3) is 0.423. The van der Waals surface area contributed by atoms with Crippen LogP contribution in [0.5, 0.6) is 5.75 Å². The SMILES string of the molecule is COc1ccc(C2(C(=O)N3C[C@H](F)C[C@@H]3C(=O)Nc3ccc4c(cnn4C(=O)O)n3)CCC(F)(F)CC2)cc1. The lowest BCUT2D eigenvalue weighted by Crippen LogP contribution is -2.54. The Bertz CT molecular complexity index is 1420. The van der Waals surface area contributed by atoms with Gasteiger partial charge >= 0.3 is 6.09 Å². The normalized spacial score (nSPS) is 22.0. The molecule has 1 saturated carbocycles. The molecule has 10 nitrogen and oxygen atoms in total. The maximum atomic E-state index is 14.7. The molecule has 0 unspecified atom stereocenters. The molecule has 0 bridgehead atoms. The summed E-state index contributed by atoms with van der Waals surface area (Å²) >= 11 is 0. The van der Waals surface area contributed by atoms with Crippen molar-refractivity contribution in [2.75, 3.05) is 19.0 Å². The molecule has 206 valence electrons. The Balaban J connectivity index is 1.42. The van der Waals surface area contributed by atoms with Gasteiger partial charge in [0.25, 0.3) is 0 Å². The number of carboxylic acid groups (broad SMARTS) is 1. The first-order valence-electron chi connectivity index (χ1n) is 12.4. The molecule has 2 aromatic heterocycles. The van der Waals surface area contributed by atoms with Crippen LogP contribution >= 0.6 is 0 Å². The third-order valence-electron chi connectivity index (χ3n) is 7.56. The first-order chi connectivity index (χ1) is 18.5. The van der Waals surface area contributed by atoms with E-state index in [1.165, 1.54) is 25.4 Å². The van der Waals surface area contributed by atoms with Crippen LogP contribution in [0.2, 0.25) is 0 Å². The Hall–Kier alpha value is -4.16. The van der Waals surface area contributed by atoms with Crippen LogP contribution in [-0.4, -0.2) is 74.5 Å². The topological polar surface area (TPSA) is 127 Å². The Kier molecular flexibility index (Phi) is 6.69. The minimum absolute atomic E-state index is 0.0642. The summed E-state index contributed by atoms with van der Waals surface area (Å²) in [7, 11) is 1.48. The standard InChI is InChI=1S/C26H26F3N5O5/c1-39-17-4-2-15(3-5-17)25(8-10-26(28,29)11-9-25)23(36)33-14-16(27)12-20(33)22(35)32-21-7-6-19-18(31-21)13-30-34(19)24(37)38/h2-7,13,16,20H,8-12,14H2,1H3,(H,37,38)(H,31,32,35)/t16-,20-/m1/s1. The smallest absolute Gasteiger partial charge is 0.432 e. The van der Waals surface area contributed by atoms with Gasteiger partial charge in [-0.25, -0.2) is 22.9 Å². The number of pyridine rings is 1. The molecular formula is C26H26F3N5O5. The van der Waals surface area contributed by atoms with E-state index in [4.69, 9.17) is 4.74 Å². The Labute approximate surface area is 220 Å². The zero-order chi connectivity index (χ0) is 27.9. The first kappa shape index (κ1) is 26.4. The summed E-state index contributed by atoms with van der Waals surface area (Å²) in [6.07, 6.45) is -3.15. The van der Waals surface area contributed by atoms with Crippen LogP contribution < -0.4 is 10.1 Å². The predicted molar refractivity (Wildman–Crippen MR) is 133 cm³/mol. The van der Waals surface area contributed by atoms with Gasteiger partial charge in [-0.2, -0.15) is 9.78 Å². The van der Waals surface area contributed by atoms with Crippen LogP contribution in [-0.2, 0) is 15.0 Å². The van der Waals surface area contributed by atoms with Gasteiger partial charge in [-0.1, -0.05) is 12.1 Å². The molecule has 39 heavy (non-hydrogen) atoms. The van der Waals surface area contributed by atoms with Crippen molar-refractivity contribution in [1.29, 1.82) is 0 Å². The van der Waals surface area contributed by atoms with E-state index in [-0.39, 0.29) is 42.7 Å². The fourth-order valence-electron chi connectivity index (χ4n) is 5.46. The third-order valence-corrected chi connectivity index (χ3v) is 7.56. The number of carbonyl (C=O) groups is 3. The van der Waals surface area contributed by atoms with Crippen molar-refractivity contribution in [3.05, 3.63) is 48.2 Å². The van der Waals surface area contributed by atoms with Gasteiger partial charge in [-0.05, 0) is 42.7 Å². The zero-order valence-electron chi connectivity index (χ0n) is 20.9. The molecule has 5 rings (SSSR count). The van der Waals surface area contributed by atoms with E-state index in [1.807, 2.05) is 0 Å². The summed E-state index contributed by atoms with van der Waals surface area (Å²) in [5.74, 6) is -3.58. The number of hydrogen-bond donors (Lipinski definition) is 2. The van der Waals surface area contributed by atoms with Gasteiger partial charge in [-0.3, -0.25) is 9.59 Å². The second kappa shape index (κ2) is 9.86. The maximum absolute atomic E-state index is 14.7. The van der Waals surface area contributed by atoms with Crippen LogP contribution in [0.1, 0.15) is 37.7 Å². The minimum Gasteiger partial charge on any atom is -0.497 e. The highest BCUT2D eigenvalue weighted by atomic mass is 19.3. The predicted octanol–water partition coefficient (Wildman–Crippen LogP) is 3.99. The molecular weight excluding hydrogens is 519 g/mol. The Morgan fingerprint density at radius 2 is 1.77 bits per heavy atom. The number of aromatic nitrogens is 3. The Morgan fingerprint density at radius 1 is 1.08 bits per heavy atom. The highest BCUT2D eigenvalue weighted by molar-refractivity contribution is 5.99. The number of fused-ring (bicyclic) bond motifs is 1. The van der Waals surface area contributed by atoms with Gasteiger partial charge in [-0.15, -0.1) is 0 Å². The number of amides is 2. The molecule has 2 atom stereocenters. The molecule has 2 N–H and O–H groups in total. The molecule has 0 radical (unpaired) electrons. The van der Waals surface area contributed by atoms with E-state index >= 15 is 0 Å². The summed E-state index contributed by atoms with van der Waals surface area (Å²) in [5.41, 5.74) is -0.427. The van der Waals surface area contributed by atoms with Gasteiger partial charge in [0.15, 0.2) is 0 Å². The molecule has 1 aliphatic carbocycles. The van der Waals surface area contributed by atoms with Crippen molar-refractivity contribution in [3.63, 3.8) is 0 Å². The molecule has 2 amide bonds. The second-order valence-electron chi connectivity index (χ2n) is 9.90. The summed E-state index contributed by atoms with van der Waals surface area (Å²) in [4.78, 5) is 43.9. The van der Waals surface area contributed by atoms with Gasteiger partial charge in [0.1, 0.15) is 29.3 Å². The number of nitrogens with one attached hydrogen (secondary N) is 1. The first-order valence-corrected chi connectivity index (χ1v) is 12.4. The average Bonchev–Trinajstić information content (AvgIpc) is 3.52. The molecule has 13 heteroatoms. The van der Waals surface area contributed by atoms with Crippen molar-refractivity contribution in [1.82, 2.24) is 19.7 Å². The number of likely N-dealkylation sites (tertiary alicyclic amines) is 1. The highest BCUT2D eigenvalue weighted by Gasteiger charge is 2.53. The van der Waals surface area contributed by atoms with Crippen LogP contribution in [0.15, 0.2) is 42.6 Å². The van der Waals surface area contributed by atoms with Crippen molar-refractivity contribution < 1.29 is 37.4 Å². The molecule has 1 aromatic carbocycles. The molecule has 0 spiro atoms. The Morgan fingerprint density at radius 3 is 2.41 bits per heavy atom. The van der Waals surface area contributed by atoms with E-state index in [1.54, 1.807) is 24.3 Å². The monoisotopic (exact) mass is 545 g/mol. The number of benzene rings is 1. The lowest BCUT2D eigenvalue weighted by molar-refractivity contribution is -0.146. The second-order valence-corrected chi connectivity index (χ2v) is 9.90. The fourth-order valence-corrected chi connectivity index (χ4v) is 5.46. The van der Waals surface area contributed by atoms with Crippen LogP contribution in [0.3, 0.4) is 0 Å². The average molecular weight is 546 g/mol. The highest BCUT2D eigenvalue weighted by Crippen LogP contribution is 2.47. The largest absolute Gasteiger partial charge is 0.497 e. The number of anilines is 1. The third kappa shape index (κ3) is 4.88. The van der Waals surface area contributed by atoms with E-state index in [2.05, 4.69) is 15.4 Å². The lowest BCUT2D eigenvalue weighted by Gasteiger charge is -2.42. The zero-order valence-corrected chi connectivity index (χ0v) is 20.9.